The zero-order chi connectivity index (χ0) is 25.9. The van der Waals surface area contributed by atoms with E-state index >= 15 is 0 Å². The summed E-state index contributed by atoms with van der Waals surface area (Å²) in [4.78, 5) is 29.2. The highest BCUT2D eigenvalue weighted by atomic mass is 16.5. The summed E-state index contributed by atoms with van der Waals surface area (Å²) < 4.78 is 16.7. The largest absolute Gasteiger partial charge is 0.497 e. The molecule has 0 atom stereocenters. The van der Waals surface area contributed by atoms with Crippen LogP contribution in [0.1, 0.15) is 52.7 Å². The first kappa shape index (κ1) is 25.6. The van der Waals surface area contributed by atoms with Gasteiger partial charge in [0, 0.05) is 11.6 Å². The van der Waals surface area contributed by atoms with E-state index < -0.39 is 11.5 Å². The Morgan fingerprint density at radius 1 is 1.11 bits per heavy atom. The number of carbonyl (C=O) groups excluding carboxylic acids is 1. The van der Waals surface area contributed by atoms with Crippen molar-refractivity contribution in [1.29, 1.82) is 0 Å². The van der Waals surface area contributed by atoms with Crippen LogP contribution in [-0.2, 0) is 6.42 Å². The molecule has 186 valence electrons. The molecule has 0 bridgehead atoms. The van der Waals surface area contributed by atoms with Gasteiger partial charge in [0.15, 0.2) is 0 Å². The average Bonchev–Trinajstić information content (AvgIpc) is 2.81. The SMILES string of the molecule is CCc1ccc2nc(C)c(C(=O)O)c(N)c2c1OCC(C)(C)NC(=O)c1cc(OC)cc(OC)c1. The Morgan fingerprint density at radius 3 is 2.29 bits per heavy atom. The van der Waals surface area contributed by atoms with E-state index in [4.69, 9.17) is 19.9 Å². The number of aryl methyl sites for hydroxylation is 2. The molecule has 1 aromatic heterocycles. The number of carboxylic acids is 1. The molecule has 1 amide bonds. The Balaban J connectivity index is 1.92. The van der Waals surface area contributed by atoms with Crippen molar-refractivity contribution in [3.63, 3.8) is 0 Å². The highest BCUT2D eigenvalue weighted by molar-refractivity contribution is 6.07. The predicted molar refractivity (Wildman–Crippen MR) is 134 cm³/mol. The van der Waals surface area contributed by atoms with Gasteiger partial charge in [-0.3, -0.25) is 9.78 Å². The molecule has 0 saturated carbocycles. The maximum absolute atomic E-state index is 13.0. The fourth-order valence-electron chi connectivity index (χ4n) is 3.85. The number of nitrogens with two attached hydrogens (primary N) is 1. The lowest BCUT2D eigenvalue weighted by molar-refractivity contribution is 0.0696. The summed E-state index contributed by atoms with van der Waals surface area (Å²) in [6.07, 6.45) is 0.636. The molecule has 0 aliphatic carbocycles. The van der Waals surface area contributed by atoms with Crippen LogP contribution in [0.5, 0.6) is 17.2 Å². The van der Waals surface area contributed by atoms with Gasteiger partial charge in [-0.1, -0.05) is 13.0 Å². The molecular weight excluding hydrogens is 450 g/mol. The number of carboxylic acid groups (broad SMARTS) is 1. The summed E-state index contributed by atoms with van der Waals surface area (Å²) in [7, 11) is 3.03. The number of ether oxygens (including phenoxy) is 3. The Hall–Kier alpha value is -4.01. The van der Waals surface area contributed by atoms with E-state index in [0.717, 1.165) is 5.56 Å². The molecule has 9 nitrogen and oxygen atoms in total. The lowest BCUT2D eigenvalue weighted by atomic mass is 10.0. The number of anilines is 1. The van der Waals surface area contributed by atoms with Crippen molar-refractivity contribution in [2.45, 2.75) is 39.7 Å². The first-order chi connectivity index (χ1) is 16.5. The molecule has 4 N–H and O–H groups in total. The summed E-state index contributed by atoms with van der Waals surface area (Å²) in [5.41, 5.74) is 7.68. The standard InChI is InChI=1S/C26H31N3O6/c1-7-15-8-9-19-21(22(27)20(25(31)32)14(2)28-19)23(15)35-13-26(3,4)29-24(30)16-10-17(33-5)12-18(11-16)34-6/h8-12H,7,13H2,1-6H3,(H2,27,28)(H,29,30)(H,31,32). The van der Waals surface area contributed by atoms with Crippen molar-refractivity contribution in [1.82, 2.24) is 10.3 Å². The van der Waals surface area contributed by atoms with E-state index in [0.29, 0.717) is 45.8 Å². The van der Waals surface area contributed by atoms with E-state index in [1.807, 2.05) is 26.8 Å². The third-order valence-electron chi connectivity index (χ3n) is 5.64. The van der Waals surface area contributed by atoms with Gasteiger partial charge in [0.2, 0.25) is 0 Å². The Bertz CT molecular complexity index is 1260. The lowest BCUT2D eigenvalue weighted by Crippen LogP contribution is -2.47. The van der Waals surface area contributed by atoms with Gasteiger partial charge in [0.1, 0.15) is 29.4 Å². The first-order valence-corrected chi connectivity index (χ1v) is 11.1. The van der Waals surface area contributed by atoms with Crippen molar-refractivity contribution >= 4 is 28.5 Å². The van der Waals surface area contributed by atoms with Crippen molar-refractivity contribution in [2.24, 2.45) is 0 Å². The van der Waals surface area contributed by atoms with Gasteiger partial charge >= 0.3 is 5.97 Å². The van der Waals surface area contributed by atoms with Crippen LogP contribution in [0.2, 0.25) is 0 Å². The van der Waals surface area contributed by atoms with Crippen molar-refractivity contribution < 1.29 is 28.9 Å². The van der Waals surface area contributed by atoms with E-state index in [2.05, 4.69) is 10.3 Å². The molecule has 9 heteroatoms. The second kappa shape index (κ2) is 10.1. The molecule has 0 fully saturated rings. The number of benzene rings is 2. The zero-order valence-corrected chi connectivity index (χ0v) is 20.8. The highest BCUT2D eigenvalue weighted by Crippen LogP contribution is 2.37. The highest BCUT2D eigenvalue weighted by Gasteiger charge is 2.26. The number of nitrogens with one attached hydrogen (secondary N) is 1. The van der Waals surface area contributed by atoms with Crippen LogP contribution in [0.3, 0.4) is 0 Å². The van der Waals surface area contributed by atoms with Crippen LogP contribution in [0.15, 0.2) is 30.3 Å². The number of hydrogen-bond donors (Lipinski definition) is 3. The van der Waals surface area contributed by atoms with Crippen LogP contribution in [0, 0.1) is 6.92 Å². The van der Waals surface area contributed by atoms with Crippen molar-refractivity contribution in [3.05, 3.63) is 52.7 Å². The molecule has 35 heavy (non-hydrogen) atoms. The second-order valence-electron chi connectivity index (χ2n) is 8.82. The summed E-state index contributed by atoms with van der Waals surface area (Å²) in [6.45, 7) is 7.33. The smallest absolute Gasteiger partial charge is 0.339 e. The topological polar surface area (TPSA) is 133 Å². The van der Waals surface area contributed by atoms with Gasteiger partial charge in [-0.05, 0) is 51.0 Å². The Morgan fingerprint density at radius 2 is 1.74 bits per heavy atom. The minimum atomic E-state index is -1.15. The van der Waals surface area contributed by atoms with Gasteiger partial charge in [-0.15, -0.1) is 0 Å². The number of methoxy groups -OCH3 is 2. The number of carbonyl (C=O) groups is 2. The molecule has 3 rings (SSSR count). The average molecular weight is 482 g/mol. The van der Waals surface area contributed by atoms with E-state index in [1.54, 1.807) is 31.2 Å². The molecule has 0 aliphatic rings. The van der Waals surface area contributed by atoms with Gasteiger partial charge in [0.05, 0.1) is 42.0 Å². The van der Waals surface area contributed by atoms with Gasteiger partial charge in [0.25, 0.3) is 5.91 Å². The number of nitrogen functional groups attached to an aromatic ring is 1. The maximum atomic E-state index is 13.0. The maximum Gasteiger partial charge on any atom is 0.339 e. The van der Waals surface area contributed by atoms with Crippen LogP contribution < -0.4 is 25.3 Å². The van der Waals surface area contributed by atoms with Gasteiger partial charge < -0.3 is 30.4 Å². The monoisotopic (exact) mass is 481 g/mol. The molecule has 0 saturated heterocycles. The fraction of sp³-hybridized carbons (Fsp3) is 0.346. The van der Waals surface area contributed by atoms with E-state index in [9.17, 15) is 14.7 Å². The van der Waals surface area contributed by atoms with Crippen LogP contribution in [0.25, 0.3) is 10.9 Å². The molecule has 0 radical (unpaired) electrons. The Labute approximate surface area is 204 Å². The predicted octanol–water partition coefficient (Wildman–Crippen LogP) is 3.99. The first-order valence-electron chi connectivity index (χ1n) is 11.1. The van der Waals surface area contributed by atoms with Crippen molar-refractivity contribution in [3.8, 4) is 17.2 Å². The summed E-state index contributed by atoms with van der Waals surface area (Å²) >= 11 is 0. The third kappa shape index (κ3) is 5.40. The summed E-state index contributed by atoms with van der Waals surface area (Å²) in [5.74, 6) is -0.0142. The van der Waals surface area contributed by atoms with Gasteiger partial charge in [-0.25, -0.2) is 4.79 Å². The number of aromatic nitrogens is 1. The molecule has 0 aliphatic heterocycles. The molecular formula is C26H31N3O6. The Kier molecular flexibility index (Phi) is 7.38. The summed E-state index contributed by atoms with van der Waals surface area (Å²) in [6, 6.07) is 8.62. The minimum Gasteiger partial charge on any atom is -0.497 e. The number of fused-ring (bicyclic) bond motifs is 1. The molecule has 2 aromatic carbocycles. The van der Waals surface area contributed by atoms with Gasteiger partial charge in [-0.2, -0.15) is 0 Å². The van der Waals surface area contributed by atoms with Crippen molar-refractivity contribution in [2.75, 3.05) is 26.6 Å². The molecule has 1 heterocycles. The zero-order valence-electron chi connectivity index (χ0n) is 20.8. The quantitative estimate of drug-likeness (QED) is 0.418. The fourth-order valence-corrected chi connectivity index (χ4v) is 3.85. The normalized spacial score (nSPS) is 11.3. The summed E-state index contributed by atoms with van der Waals surface area (Å²) in [5, 5.41) is 13.1. The third-order valence-corrected chi connectivity index (χ3v) is 5.64. The van der Waals surface area contributed by atoms with Crippen LogP contribution in [-0.4, -0.2) is 48.3 Å². The molecule has 0 spiro atoms. The molecule has 3 aromatic rings. The number of aromatic carboxylic acids is 1. The van der Waals surface area contributed by atoms with Crippen LogP contribution >= 0.6 is 0 Å². The lowest BCUT2D eigenvalue weighted by Gasteiger charge is -2.28. The minimum absolute atomic E-state index is 0.0462. The van der Waals surface area contributed by atoms with Crippen LogP contribution in [0.4, 0.5) is 5.69 Å². The van der Waals surface area contributed by atoms with E-state index in [-0.39, 0.29) is 23.8 Å². The number of nitrogens with zero attached hydrogens (tertiary/aromatic N) is 1. The molecule has 0 unspecified atom stereocenters. The number of rotatable bonds is 9. The second-order valence-corrected chi connectivity index (χ2v) is 8.82. The van der Waals surface area contributed by atoms with E-state index in [1.165, 1.54) is 14.2 Å². The number of pyridine rings is 1. The number of amides is 1. The number of hydrogen-bond acceptors (Lipinski definition) is 7.